The fraction of sp³-hybridized carbons (Fsp3) is 0.0645. The minimum atomic E-state index is -0.508. The highest BCUT2D eigenvalue weighted by atomic mass is 35.5. The molecule has 1 amide bonds. The molecule has 1 N–H and O–H groups in total. The third-order valence-corrected chi connectivity index (χ3v) is 7.14. The molecule has 0 fully saturated rings. The number of carbonyl (C=O) groups excluding carboxylic acids is 1. The molecule has 0 aliphatic rings. The molecule has 0 unspecified atom stereocenters. The van der Waals surface area contributed by atoms with Gasteiger partial charge in [0.2, 0.25) is 5.89 Å². The fourth-order valence-electron chi connectivity index (χ4n) is 4.45. The first-order chi connectivity index (χ1) is 20.4. The maximum Gasteiger partial charge on any atom is 0.251 e. The van der Waals surface area contributed by atoms with E-state index in [-0.39, 0.29) is 23.3 Å². The van der Waals surface area contributed by atoms with E-state index < -0.39 is 11.9 Å². The Morgan fingerprint density at radius 3 is 2.45 bits per heavy atom. The van der Waals surface area contributed by atoms with Crippen molar-refractivity contribution in [1.82, 2.24) is 30.0 Å². The van der Waals surface area contributed by atoms with Crippen LogP contribution in [0.25, 0.3) is 34.2 Å². The second-order valence-corrected chi connectivity index (χ2v) is 10.2. The van der Waals surface area contributed by atoms with Gasteiger partial charge in [-0.1, -0.05) is 41.4 Å². The number of hydrogen-bond acceptors (Lipinski definition) is 6. The molecule has 0 bridgehead atoms. The van der Waals surface area contributed by atoms with Crippen molar-refractivity contribution in [3.8, 4) is 34.2 Å². The van der Waals surface area contributed by atoms with Gasteiger partial charge < -0.3 is 14.3 Å². The summed E-state index contributed by atoms with van der Waals surface area (Å²) < 4.78 is 22.6. The van der Waals surface area contributed by atoms with E-state index in [2.05, 4.69) is 25.5 Å². The minimum Gasteiger partial charge on any atom is -0.416 e. The van der Waals surface area contributed by atoms with E-state index >= 15 is 0 Å². The molecule has 6 rings (SSSR count). The highest BCUT2D eigenvalue weighted by molar-refractivity contribution is 6.35. The van der Waals surface area contributed by atoms with E-state index in [0.717, 1.165) is 5.56 Å². The monoisotopic (exact) mass is 598 g/mol. The molecular formula is C31H21Cl2FN6O2. The smallest absolute Gasteiger partial charge is 0.251 e. The molecule has 1 atom stereocenters. The van der Waals surface area contributed by atoms with Gasteiger partial charge in [-0.3, -0.25) is 9.78 Å². The highest BCUT2D eigenvalue weighted by Crippen LogP contribution is 2.30. The predicted molar refractivity (Wildman–Crippen MR) is 157 cm³/mol. The van der Waals surface area contributed by atoms with Crippen molar-refractivity contribution in [2.45, 2.75) is 12.6 Å². The number of amides is 1. The Morgan fingerprint density at radius 1 is 0.929 bits per heavy atom. The van der Waals surface area contributed by atoms with E-state index in [1.165, 1.54) is 6.07 Å². The topological polar surface area (TPSA) is 98.7 Å². The van der Waals surface area contributed by atoms with Crippen molar-refractivity contribution >= 4 is 29.1 Å². The van der Waals surface area contributed by atoms with Crippen LogP contribution in [-0.2, 0) is 6.54 Å². The molecule has 0 radical (unpaired) electrons. The number of nitrogens with zero attached hydrogens (tertiary/aromatic N) is 5. The van der Waals surface area contributed by atoms with E-state index in [1.807, 2.05) is 10.6 Å². The van der Waals surface area contributed by atoms with Crippen molar-refractivity contribution in [1.29, 1.82) is 0 Å². The van der Waals surface area contributed by atoms with E-state index in [1.54, 1.807) is 91.6 Å². The second-order valence-electron chi connectivity index (χ2n) is 9.35. The molecule has 0 aliphatic heterocycles. The van der Waals surface area contributed by atoms with Crippen LogP contribution in [0.3, 0.4) is 0 Å². The first kappa shape index (κ1) is 27.3. The van der Waals surface area contributed by atoms with Crippen LogP contribution in [0, 0.1) is 5.82 Å². The largest absolute Gasteiger partial charge is 0.416 e. The van der Waals surface area contributed by atoms with E-state index in [9.17, 15) is 9.18 Å². The number of aromatic nitrogens is 5. The quantitative estimate of drug-likeness (QED) is 0.198. The summed E-state index contributed by atoms with van der Waals surface area (Å²) in [4.78, 5) is 21.6. The first-order valence-corrected chi connectivity index (χ1v) is 13.6. The Labute approximate surface area is 249 Å². The molecule has 208 valence electrons. The summed E-state index contributed by atoms with van der Waals surface area (Å²) in [6, 6.07) is 21.5. The fourth-order valence-corrected chi connectivity index (χ4v) is 4.99. The number of benzene rings is 3. The lowest BCUT2D eigenvalue weighted by atomic mass is 10.1. The molecule has 42 heavy (non-hydrogen) atoms. The summed E-state index contributed by atoms with van der Waals surface area (Å²) in [7, 11) is 0. The van der Waals surface area contributed by atoms with Crippen LogP contribution in [0.1, 0.15) is 22.0 Å². The van der Waals surface area contributed by atoms with Crippen molar-refractivity contribution in [3.63, 3.8) is 0 Å². The Bertz CT molecular complexity index is 1840. The van der Waals surface area contributed by atoms with Gasteiger partial charge in [0.1, 0.15) is 5.82 Å². The van der Waals surface area contributed by atoms with Gasteiger partial charge in [0.25, 0.3) is 11.8 Å². The number of imidazole rings is 1. The minimum absolute atomic E-state index is 0.0408. The maximum absolute atomic E-state index is 14.9. The van der Waals surface area contributed by atoms with Gasteiger partial charge in [-0.2, -0.15) is 0 Å². The molecule has 0 spiro atoms. The van der Waals surface area contributed by atoms with Gasteiger partial charge in [0.15, 0.2) is 0 Å². The number of pyridine rings is 1. The lowest BCUT2D eigenvalue weighted by Crippen LogP contribution is -2.31. The summed E-state index contributed by atoms with van der Waals surface area (Å²) in [5, 5.41) is 12.1. The molecule has 0 saturated carbocycles. The summed E-state index contributed by atoms with van der Waals surface area (Å²) in [6.45, 7) is 0.412. The number of halogens is 3. The molecular weight excluding hydrogens is 578 g/mol. The van der Waals surface area contributed by atoms with Crippen LogP contribution in [0.15, 0.2) is 108 Å². The zero-order valence-corrected chi connectivity index (χ0v) is 23.3. The Hall–Kier alpha value is -4.86. The number of carbonyl (C=O) groups is 1. The van der Waals surface area contributed by atoms with Crippen LogP contribution < -0.4 is 5.32 Å². The van der Waals surface area contributed by atoms with Crippen molar-refractivity contribution in [2.24, 2.45) is 0 Å². The average molecular weight is 599 g/mol. The van der Waals surface area contributed by atoms with E-state index in [4.69, 9.17) is 27.6 Å². The van der Waals surface area contributed by atoms with Crippen LogP contribution in [0.4, 0.5) is 4.39 Å². The zero-order valence-electron chi connectivity index (χ0n) is 21.8. The summed E-state index contributed by atoms with van der Waals surface area (Å²) in [6.07, 6.45) is 6.78. The van der Waals surface area contributed by atoms with Gasteiger partial charge in [0, 0.05) is 51.9 Å². The number of rotatable bonds is 8. The Kier molecular flexibility index (Phi) is 7.76. The van der Waals surface area contributed by atoms with E-state index in [0.29, 0.717) is 39.0 Å². The maximum atomic E-state index is 14.9. The van der Waals surface area contributed by atoms with Crippen LogP contribution in [0.2, 0.25) is 10.0 Å². The predicted octanol–water partition coefficient (Wildman–Crippen LogP) is 7.28. The van der Waals surface area contributed by atoms with Gasteiger partial charge >= 0.3 is 0 Å². The third kappa shape index (κ3) is 5.93. The summed E-state index contributed by atoms with van der Waals surface area (Å²) in [5.74, 6) is -0.583. The molecule has 3 aromatic heterocycles. The van der Waals surface area contributed by atoms with Crippen LogP contribution >= 0.6 is 23.2 Å². The number of hydrogen-bond donors (Lipinski definition) is 1. The normalized spacial score (nSPS) is 11.8. The Balaban J connectivity index is 1.19. The highest BCUT2D eigenvalue weighted by Gasteiger charge is 2.20. The standard InChI is InChI=1S/C31H21Cl2FN6O2/c32-22-9-11-23(25(33)16-22)28(17-40-14-13-35-18-40)37-29(41)19-4-6-20(7-5-19)30-38-39-31(42-30)24-10-8-21(15-26(24)34)27-3-1-2-12-36-27/h1-16,18,28H,17H2,(H,37,41)/t28-/m0/s1. The molecule has 8 nitrogen and oxygen atoms in total. The van der Waals surface area contributed by atoms with Gasteiger partial charge in [-0.25, -0.2) is 9.37 Å². The van der Waals surface area contributed by atoms with Crippen LogP contribution in [0.5, 0.6) is 0 Å². The molecule has 0 saturated heterocycles. The average Bonchev–Trinajstić information content (AvgIpc) is 3.70. The molecule has 3 aromatic carbocycles. The van der Waals surface area contributed by atoms with Gasteiger partial charge in [-0.05, 0) is 66.2 Å². The lowest BCUT2D eigenvalue weighted by Gasteiger charge is -2.21. The first-order valence-electron chi connectivity index (χ1n) is 12.8. The van der Waals surface area contributed by atoms with Gasteiger partial charge in [0.05, 0.1) is 23.6 Å². The third-order valence-electron chi connectivity index (χ3n) is 6.58. The Morgan fingerprint density at radius 2 is 1.74 bits per heavy atom. The van der Waals surface area contributed by atoms with Gasteiger partial charge in [-0.15, -0.1) is 10.2 Å². The number of nitrogens with one attached hydrogen (secondary N) is 1. The molecule has 11 heteroatoms. The molecule has 3 heterocycles. The van der Waals surface area contributed by atoms with Crippen LogP contribution in [-0.4, -0.2) is 30.6 Å². The van der Waals surface area contributed by atoms with Crippen molar-refractivity contribution in [2.75, 3.05) is 0 Å². The lowest BCUT2D eigenvalue weighted by molar-refractivity contribution is 0.0932. The molecule has 6 aromatic rings. The summed E-state index contributed by atoms with van der Waals surface area (Å²) in [5.41, 5.74) is 3.17. The molecule has 0 aliphatic carbocycles. The van der Waals surface area contributed by atoms with Crippen molar-refractivity contribution < 1.29 is 13.6 Å². The SMILES string of the molecule is O=C(N[C@@H](Cn1ccnc1)c1ccc(Cl)cc1Cl)c1ccc(-c2nnc(-c3ccc(-c4ccccn4)cc3F)o2)cc1. The second kappa shape index (κ2) is 11.9. The summed E-state index contributed by atoms with van der Waals surface area (Å²) >= 11 is 12.5. The van der Waals surface area contributed by atoms with Crippen molar-refractivity contribution in [3.05, 3.63) is 131 Å². The zero-order chi connectivity index (χ0) is 29.1.